The Bertz CT molecular complexity index is 813. The summed E-state index contributed by atoms with van der Waals surface area (Å²) >= 11 is 5.29. The maximum absolute atomic E-state index is 11.7. The van der Waals surface area contributed by atoms with Gasteiger partial charge in [-0.2, -0.15) is 0 Å². The van der Waals surface area contributed by atoms with Gasteiger partial charge >= 0.3 is 0 Å². The molecule has 0 radical (unpaired) electrons. The van der Waals surface area contributed by atoms with Crippen LogP contribution < -0.4 is 5.56 Å². The van der Waals surface area contributed by atoms with Gasteiger partial charge in [-0.1, -0.05) is 20.8 Å². The number of aryl methyl sites for hydroxylation is 1. The molecular formula is C18H30N2O4SSi. The lowest BCUT2D eigenvalue weighted by atomic mass is 9.97. The highest BCUT2D eigenvalue weighted by molar-refractivity contribution is 7.71. The molecule has 1 aromatic rings. The summed E-state index contributed by atoms with van der Waals surface area (Å²) in [6, 6.07) is 0. The SMILES string of the molecule is Cc1cn([C@H]2C[C@@]3(O)CC[C@@H](O[Si](C)(C)C(C)(C)C)[C@H]3O2)c(=S)[nH]c1=O. The number of ether oxygens (including phenoxy) is 1. The van der Waals surface area contributed by atoms with Gasteiger partial charge in [0, 0.05) is 18.2 Å². The molecule has 1 aromatic heterocycles. The second-order valence-electron chi connectivity index (χ2n) is 9.25. The van der Waals surface area contributed by atoms with E-state index in [1.54, 1.807) is 17.7 Å². The van der Waals surface area contributed by atoms with E-state index in [0.717, 1.165) is 6.42 Å². The quantitative estimate of drug-likeness (QED) is 0.603. The lowest BCUT2D eigenvalue weighted by Crippen LogP contribution is -2.48. The van der Waals surface area contributed by atoms with Gasteiger partial charge in [0.1, 0.15) is 12.3 Å². The van der Waals surface area contributed by atoms with E-state index in [2.05, 4.69) is 38.8 Å². The molecule has 26 heavy (non-hydrogen) atoms. The molecule has 3 rings (SSSR count). The highest BCUT2D eigenvalue weighted by Gasteiger charge is 2.57. The Morgan fingerprint density at radius 2 is 2.12 bits per heavy atom. The van der Waals surface area contributed by atoms with Crippen molar-refractivity contribution in [3.05, 3.63) is 26.9 Å². The third-order valence-corrected chi connectivity index (χ3v) is 11.1. The number of nitrogens with one attached hydrogen (secondary N) is 1. The first-order valence-corrected chi connectivity index (χ1v) is 12.5. The zero-order chi connectivity index (χ0) is 19.5. The molecule has 1 saturated heterocycles. The first kappa shape index (κ1) is 19.9. The molecular weight excluding hydrogens is 368 g/mol. The number of hydrogen-bond acceptors (Lipinski definition) is 5. The molecule has 1 aliphatic carbocycles. The molecule has 8 heteroatoms. The summed E-state index contributed by atoms with van der Waals surface area (Å²) in [7, 11) is -1.96. The summed E-state index contributed by atoms with van der Waals surface area (Å²) < 4.78 is 14.9. The van der Waals surface area contributed by atoms with E-state index >= 15 is 0 Å². The monoisotopic (exact) mass is 398 g/mol. The fraction of sp³-hybridized carbons (Fsp3) is 0.778. The average molecular weight is 399 g/mol. The van der Waals surface area contributed by atoms with Gasteiger partial charge < -0.3 is 14.3 Å². The summed E-state index contributed by atoms with van der Waals surface area (Å²) in [6.45, 7) is 12.8. The average Bonchev–Trinajstić information content (AvgIpc) is 2.97. The highest BCUT2D eigenvalue weighted by Crippen LogP contribution is 2.49. The molecule has 1 saturated carbocycles. The van der Waals surface area contributed by atoms with Crippen molar-refractivity contribution < 1.29 is 14.3 Å². The number of hydrogen-bond donors (Lipinski definition) is 2. The summed E-state index contributed by atoms with van der Waals surface area (Å²) in [4.78, 5) is 14.4. The van der Waals surface area contributed by atoms with E-state index in [4.69, 9.17) is 21.4 Å². The lowest BCUT2D eigenvalue weighted by Gasteiger charge is -2.40. The molecule has 0 amide bonds. The maximum Gasteiger partial charge on any atom is 0.254 e. The Morgan fingerprint density at radius 3 is 2.73 bits per heavy atom. The summed E-state index contributed by atoms with van der Waals surface area (Å²) in [5.74, 6) is 0. The number of H-pyrrole nitrogens is 1. The van der Waals surface area contributed by atoms with Gasteiger partial charge in [0.05, 0.1) is 11.7 Å². The minimum atomic E-state index is -1.96. The van der Waals surface area contributed by atoms with Gasteiger partial charge in [-0.15, -0.1) is 0 Å². The normalized spacial score (nSPS) is 32.0. The Morgan fingerprint density at radius 1 is 1.46 bits per heavy atom. The molecule has 1 aliphatic heterocycles. The second kappa shape index (κ2) is 6.37. The minimum absolute atomic E-state index is 0.101. The topological polar surface area (TPSA) is 76.5 Å². The molecule has 2 fully saturated rings. The van der Waals surface area contributed by atoms with Crippen molar-refractivity contribution in [1.29, 1.82) is 0 Å². The Labute approximate surface area is 160 Å². The van der Waals surface area contributed by atoms with E-state index in [1.807, 2.05) is 0 Å². The molecule has 146 valence electrons. The predicted octanol–water partition coefficient (Wildman–Crippen LogP) is 3.42. The smallest absolute Gasteiger partial charge is 0.254 e. The molecule has 4 atom stereocenters. The summed E-state index contributed by atoms with van der Waals surface area (Å²) in [6.07, 6.45) is 2.76. The van der Waals surface area contributed by atoms with Crippen LogP contribution in [0.3, 0.4) is 0 Å². The van der Waals surface area contributed by atoms with Gasteiger partial charge in [-0.25, -0.2) is 0 Å². The molecule has 2 aliphatic rings. The van der Waals surface area contributed by atoms with Crippen LogP contribution in [0.25, 0.3) is 0 Å². The van der Waals surface area contributed by atoms with Crippen LogP contribution in [0, 0.1) is 11.7 Å². The van der Waals surface area contributed by atoms with Crippen LogP contribution in [0.15, 0.2) is 11.0 Å². The number of aromatic nitrogens is 2. The molecule has 0 bridgehead atoms. The standard InChI is InChI=1S/C18H30N2O4SSi/c1-11-10-20(16(25)19-15(11)21)13-9-18(22)8-7-12(14(18)23-13)24-26(5,6)17(2,3)4/h10,12-14,22H,7-9H2,1-6H3,(H,19,21,25)/t12-,13-,14-,18+/m1/s1. The molecule has 0 aromatic carbocycles. The third kappa shape index (κ3) is 3.37. The number of nitrogens with zero attached hydrogens (tertiary/aromatic N) is 1. The Hall–Kier alpha value is -0.803. The van der Waals surface area contributed by atoms with Gasteiger partial charge in [0.2, 0.25) is 0 Å². The van der Waals surface area contributed by atoms with Crippen molar-refractivity contribution in [3.63, 3.8) is 0 Å². The zero-order valence-corrected chi connectivity index (χ0v) is 18.3. The van der Waals surface area contributed by atoms with Crippen molar-refractivity contribution in [3.8, 4) is 0 Å². The van der Waals surface area contributed by atoms with Gasteiger partial charge in [0.25, 0.3) is 5.56 Å². The van der Waals surface area contributed by atoms with Crippen molar-refractivity contribution in [1.82, 2.24) is 9.55 Å². The third-order valence-electron chi connectivity index (χ3n) is 6.27. The molecule has 0 spiro atoms. The maximum atomic E-state index is 11.7. The fourth-order valence-electron chi connectivity index (χ4n) is 3.62. The number of aliphatic hydroxyl groups is 1. The largest absolute Gasteiger partial charge is 0.411 e. The van der Waals surface area contributed by atoms with Crippen molar-refractivity contribution >= 4 is 20.5 Å². The van der Waals surface area contributed by atoms with Crippen LogP contribution in [0.5, 0.6) is 0 Å². The van der Waals surface area contributed by atoms with Crippen LogP contribution >= 0.6 is 12.2 Å². The van der Waals surface area contributed by atoms with Gasteiger partial charge in [-0.3, -0.25) is 14.3 Å². The Kier molecular flexibility index (Phi) is 4.89. The number of rotatable bonds is 3. The van der Waals surface area contributed by atoms with E-state index < -0.39 is 13.9 Å². The van der Waals surface area contributed by atoms with Crippen LogP contribution in [0.1, 0.15) is 51.8 Å². The predicted molar refractivity (Wildman–Crippen MR) is 105 cm³/mol. The summed E-state index contributed by atoms with van der Waals surface area (Å²) in [5, 5.41) is 11.2. The van der Waals surface area contributed by atoms with Crippen molar-refractivity contribution in [2.45, 2.75) is 89.1 Å². The van der Waals surface area contributed by atoms with Crippen LogP contribution in [-0.2, 0) is 9.16 Å². The molecule has 2 heterocycles. The molecule has 0 unspecified atom stereocenters. The minimum Gasteiger partial charge on any atom is -0.411 e. The van der Waals surface area contributed by atoms with Gasteiger partial charge in [0.15, 0.2) is 13.1 Å². The second-order valence-corrected chi connectivity index (χ2v) is 14.4. The zero-order valence-electron chi connectivity index (χ0n) is 16.5. The van der Waals surface area contributed by atoms with Crippen LogP contribution in [0.4, 0.5) is 0 Å². The molecule has 6 nitrogen and oxygen atoms in total. The Balaban J connectivity index is 1.84. The lowest BCUT2D eigenvalue weighted by molar-refractivity contribution is -0.0814. The summed E-state index contributed by atoms with van der Waals surface area (Å²) in [5.41, 5.74) is -0.529. The van der Waals surface area contributed by atoms with Crippen LogP contribution in [-0.4, -0.2) is 40.8 Å². The van der Waals surface area contributed by atoms with Gasteiger partial charge in [-0.05, 0) is 50.1 Å². The number of fused-ring (bicyclic) bond motifs is 1. The van der Waals surface area contributed by atoms with Crippen molar-refractivity contribution in [2.24, 2.45) is 0 Å². The van der Waals surface area contributed by atoms with E-state index in [-0.39, 0.29) is 29.0 Å². The molecule has 2 N–H and O–H groups in total. The van der Waals surface area contributed by atoms with E-state index in [1.165, 1.54) is 0 Å². The fourth-order valence-corrected chi connectivity index (χ4v) is 5.24. The first-order valence-electron chi connectivity index (χ1n) is 9.22. The number of aromatic amines is 1. The van der Waals surface area contributed by atoms with E-state index in [9.17, 15) is 9.90 Å². The van der Waals surface area contributed by atoms with Crippen molar-refractivity contribution in [2.75, 3.05) is 0 Å². The highest BCUT2D eigenvalue weighted by atomic mass is 32.1. The first-order chi connectivity index (χ1) is 11.8. The van der Waals surface area contributed by atoms with E-state index in [0.29, 0.717) is 23.2 Å². The van der Waals surface area contributed by atoms with Crippen LogP contribution in [0.2, 0.25) is 18.1 Å².